The predicted molar refractivity (Wildman–Crippen MR) is 184 cm³/mol. The number of hydrogen-bond donors (Lipinski definition) is 3. The average Bonchev–Trinajstić information content (AvgIpc) is 3.51. The third-order valence-corrected chi connectivity index (χ3v) is 8.24. The highest BCUT2D eigenvalue weighted by molar-refractivity contribution is 9.10. The molecule has 0 saturated carbocycles. The normalized spacial score (nSPS) is 10.8. The molecule has 1 heterocycles. The number of anilines is 3. The van der Waals surface area contributed by atoms with Gasteiger partial charge in [-0.05, 0) is 76.1 Å². The van der Waals surface area contributed by atoms with E-state index in [-0.39, 0.29) is 12.5 Å². The van der Waals surface area contributed by atoms with Gasteiger partial charge in [-0.15, -0.1) is 11.3 Å². The Morgan fingerprint density at radius 2 is 1.76 bits per heavy atom. The van der Waals surface area contributed by atoms with Gasteiger partial charge in [-0.25, -0.2) is 10.4 Å². The number of methoxy groups -OCH3 is 1. The zero-order chi connectivity index (χ0) is 31.8. The molecule has 0 radical (unpaired) electrons. The van der Waals surface area contributed by atoms with Gasteiger partial charge < -0.3 is 20.1 Å². The smallest absolute Gasteiger partial charge is 0.271 e. The lowest BCUT2D eigenvalue weighted by atomic mass is 10.1. The van der Waals surface area contributed by atoms with Crippen LogP contribution in [0.15, 0.2) is 99.9 Å². The van der Waals surface area contributed by atoms with E-state index in [1.807, 2.05) is 47.8 Å². The fourth-order valence-electron chi connectivity index (χ4n) is 3.99. The van der Waals surface area contributed by atoms with Crippen LogP contribution in [0.3, 0.4) is 0 Å². The van der Waals surface area contributed by atoms with E-state index in [1.165, 1.54) is 24.7 Å². The maximum Gasteiger partial charge on any atom is 0.271 e. The number of benzene rings is 4. The SMILES string of the molecule is COc1cc(/C=N/NC(=O)c2ccc(-c3csc(Nc4ccccc4)n3)cc2)cc(Br)c1OCC(=O)Nc1ccc(Cl)c(Cl)c1. The van der Waals surface area contributed by atoms with Crippen molar-refractivity contribution in [2.45, 2.75) is 0 Å². The Bertz CT molecular complexity index is 1850. The molecule has 5 aromatic rings. The van der Waals surface area contributed by atoms with Gasteiger partial charge in [0.2, 0.25) is 0 Å². The number of carbonyl (C=O) groups is 2. The second kappa shape index (κ2) is 15.0. The first-order chi connectivity index (χ1) is 21.8. The Kier molecular flexibility index (Phi) is 10.7. The molecule has 0 spiro atoms. The molecule has 13 heteroatoms. The topological polar surface area (TPSA) is 114 Å². The van der Waals surface area contributed by atoms with Gasteiger partial charge in [-0.1, -0.05) is 53.5 Å². The summed E-state index contributed by atoms with van der Waals surface area (Å²) >= 11 is 16.9. The van der Waals surface area contributed by atoms with E-state index < -0.39 is 5.91 Å². The van der Waals surface area contributed by atoms with E-state index in [2.05, 4.69) is 42.1 Å². The van der Waals surface area contributed by atoms with Crippen LogP contribution >= 0.6 is 50.5 Å². The first-order valence-electron chi connectivity index (χ1n) is 13.3. The van der Waals surface area contributed by atoms with Crippen LogP contribution in [0.5, 0.6) is 11.5 Å². The molecule has 2 amide bonds. The lowest BCUT2D eigenvalue weighted by Gasteiger charge is -2.13. The van der Waals surface area contributed by atoms with Gasteiger partial charge in [0.15, 0.2) is 23.2 Å². The predicted octanol–water partition coefficient (Wildman–Crippen LogP) is 8.41. The Morgan fingerprint density at radius 3 is 2.49 bits per heavy atom. The van der Waals surface area contributed by atoms with E-state index >= 15 is 0 Å². The third kappa shape index (κ3) is 8.61. The van der Waals surface area contributed by atoms with Gasteiger partial charge in [0.05, 0.1) is 33.5 Å². The molecule has 4 aromatic carbocycles. The first-order valence-corrected chi connectivity index (χ1v) is 15.7. The van der Waals surface area contributed by atoms with Gasteiger partial charge in [0.1, 0.15) is 0 Å². The Morgan fingerprint density at radius 1 is 0.978 bits per heavy atom. The van der Waals surface area contributed by atoms with Crippen LogP contribution in [0, 0.1) is 0 Å². The molecular weight excluding hydrogens is 701 g/mol. The molecule has 45 heavy (non-hydrogen) atoms. The fourth-order valence-corrected chi connectivity index (χ4v) is 5.61. The number of halogens is 3. The van der Waals surface area contributed by atoms with Crippen molar-refractivity contribution in [3.8, 4) is 22.8 Å². The second-order valence-electron chi connectivity index (χ2n) is 9.31. The van der Waals surface area contributed by atoms with E-state index in [4.69, 9.17) is 32.7 Å². The molecule has 9 nitrogen and oxygen atoms in total. The third-order valence-electron chi connectivity index (χ3n) is 6.15. The van der Waals surface area contributed by atoms with Crippen molar-refractivity contribution in [2.24, 2.45) is 5.10 Å². The van der Waals surface area contributed by atoms with Gasteiger partial charge in [-0.3, -0.25) is 9.59 Å². The van der Waals surface area contributed by atoms with Crippen LogP contribution in [0.1, 0.15) is 15.9 Å². The van der Waals surface area contributed by atoms with E-state index in [9.17, 15) is 9.59 Å². The number of nitrogens with one attached hydrogen (secondary N) is 3. The zero-order valence-electron chi connectivity index (χ0n) is 23.5. The molecule has 0 aliphatic heterocycles. The average molecular weight is 725 g/mol. The van der Waals surface area contributed by atoms with Crippen LogP contribution in [0.4, 0.5) is 16.5 Å². The number of hydrazone groups is 1. The van der Waals surface area contributed by atoms with Crippen molar-refractivity contribution in [1.29, 1.82) is 0 Å². The van der Waals surface area contributed by atoms with Crippen molar-refractivity contribution in [3.05, 3.63) is 116 Å². The van der Waals surface area contributed by atoms with Crippen LogP contribution in [-0.2, 0) is 4.79 Å². The highest BCUT2D eigenvalue weighted by atomic mass is 79.9. The lowest BCUT2D eigenvalue weighted by molar-refractivity contribution is -0.118. The molecule has 0 unspecified atom stereocenters. The highest BCUT2D eigenvalue weighted by Gasteiger charge is 2.14. The van der Waals surface area contributed by atoms with Gasteiger partial charge >= 0.3 is 0 Å². The molecular formula is C32H24BrCl2N5O4S. The number of thiazole rings is 1. The number of amides is 2. The summed E-state index contributed by atoms with van der Waals surface area (Å²) in [4.78, 5) is 29.7. The molecule has 0 atom stereocenters. The summed E-state index contributed by atoms with van der Waals surface area (Å²) < 4.78 is 11.7. The van der Waals surface area contributed by atoms with Gasteiger partial charge in [-0.2, -0.15) is 5.10 Å². The Labute approximate surface area is 281 Å². The number of ether oxygens (including phenoxy) is 2. The van der Waals surface area contributed by atoms with Crippen molar-refractivity contribution in [1.82, 2.24) is 10.4 Å². The molecule has 3 N–H and O–H groups in total. The van der Waals surface area contributed by atoms with Crippen molar-refractivity contribution < 1.29 is 19.1 Å². The van der Waals surface area contributed by atoms with E-state index in [0.717, 1.165) is 22.1 Å². The van der Waals surface area contributed by atoms with Gasteiger partial charge in [0, 0.05) is 27.9 Å². The summed E-state index contributed by atoms with van der Waals surface area (Å²) in [6.45, 7) is -0.286. The fraction of sp³-hybridized carbons (Fsp3) is 0.0625. The summed E-state index contributed by atoms with van der Waals surface area (Å²) in [5, 5.41) is 13.5. The summed E-state index contributed by atoms with van der Waals surface area (Å²) in [6.07, 6.45) is 1.47. The summed E-state index contributed by atoms with van der Waals surface area (Å²) in [6, 6.07) is 25.1. The maximum absolute atomic E-state index is 12.7. The number of hydrogen-bond acceptors (Lipinski definition) is 8. The Hall–Kier alpha value is -4.42. The number of carbonyl (C=O) groups excluding carboxylic acids is 2. The molecule has 228 valence electrons. The van der Waals surface area contributed by atoms with E-state index in [1.54, 1.807) is 42.5 Å². The molecule has 5 rings (SSSR count). The highest BCUT2D eigenvalue weighted by Crippen LogP contribution is 2.36. The minimum absolute atomic E-state index is 0.286. The van der Waals surface area contributed by atoms with Crippen LogP contribution in [0.2, 0.25) is 10.0 Å². The maximum atomic E-state index is 12.7. The molecule has 1 aromatic heterocycles. The molecule has 0 saturated heterocycles. The van der Waals surface area contributed by atoms with Crippen LogP contribution < -0.4 is 25.5 Å². The van der Waals surface area contributed by atoms with E-state index in [0.29, 0.717) is 42.8 Å². The summed E-state index contributed by atoms with van der Waals surface area (Å²) in [5.74, 6) is -0.0907. The van der Waals surface area contributed by atoms with Crippen molar-refractivity contribution >= 4 is 85.0 Å². The number of nitrogens with zero attached hydrogens (tertiary/aromatic N) is 2. The Balaban J connectivity index is 1.15. The zero-order valence-corrected chi connectivity index (χ0v) is 27.4. The number of aromatic nitrogens is 1. The monoisotopic (exact) mass is 723 g/mol. The summed E-state index contributed by atoms with van der Waals surface area (Å²) in [5.41, 5.74) is 6.73. The van der Waals surface area contributed by atoms with Gasteiger partial charge in [0.25, 0.3) is 11.8 Å². The largest absolute Gasteiger partial charge is 0.493 e. The van der Waals surface area contributed by atoms with Crippen LogP contribution in [-0.4, -0.2) is 36.7 Å². The first kappa shape index (κ1) is 32.0. The second-order valence-corrected chi connectivity index (χ2v) is 11.8. The molecule has 0 bridgehead atoms. The standard InChI is InChI=1S/C32H24BrCl2N5O4S/c1-43-28-14-19(13-24(33)30(28)44-17-29(41)37-23-11-12-25(34)26(35)15-23)16-36-40-31(42)21-9-7-20(8-10-21)27-18-45-32(39-27)38-22-5-3-2-4-6-22/h2-16,18H,17H2,1H3,(H,37,41)(H,38,39)(H,40,42)/b36-16+. The molecule has 0 fully saturated rings. The quantitative estimate of drug-likeness (QED) is 0.0931. The van der Waals surface area contributed by atoms with Crippen molar-refractivity contribution in [3.63, 3.8) is 0 Å². The summed E-state index contributed by atoms with van der Waals surface area (Å²) in [7, 11) is 1.48. The van der Waals surface area contributed by atoms with Crippen molar-refractivity contribution in [2.75, 3.05) is 24.4 Å². The number of rotatable bonds is 11. The molecule has 0 aliphatic rings. The minimum atomic E-state index is -0.403. The molecule has 0 aliphatic carbocycles. The number of para-hydroxylation sites is 1. The lowest BCUT2D eigenvalue weighted by Crippen LogP contribution is -2.20. The van der Waals surface area contributed by atoms with Crippen LogP contribution in [0.25, 0.3) is 11.3 Å². The minimum Gasteiger partial charge on any atom is -0.493 e.